The molecule has 0 spiro atoms. The number of carbonyl (C=O) groups excluding carboxylic acids is 1. The molecular weight excluding hydrogens is 514 g/mol. The highest BCUT2D eigenvalue weighted by molar-refractivity contribution is 5.76. The molecule has 10 N–H and O–H groups in total. The van der Waals surface area contributed by atoms with Gasteiger partial charge < -0.3 is 56.0 Å². The van der Waals surface area contributed by atoms with Gasteiger partial charge in [0.15, 0.2) is 0 Å². The van der Waals surface area contributed by atoms with E-state index < -0.39 is 81.0 Å². The Bertz CT molecular complexity index is 570. The lowest BCUT2D eigenvalue weighted by atomic mass is 10.0. The predicted octanol–water partition coefficient (Wildman–Crippen LogP) is -1.22. The van der Waals surface area contributed by atoms with Crippen molar-refractivity contribution in [2.24, 2.45) is 0 Å². The van der Waals surface area contributed by atoms with Gasteiger partial charge in [-0.15, -0.1) is 0 Å². The van der Waals surface area contributed by atoms with Gasteiger partial charge in [0.25, 0.3) is 0 Å². The number of aliphatic hydroxyl groups excluding tert-OH is 10. The van der Waals surface area contributed by atoms with Crippen molar-refractivity contribution in [3.8, 4) is 0 Å². The molecule has 0 radical (unpaired) electrons. The van der Waals surface area contributed by atoms with Crippen LogP contribution in [0.5, 0.6) is 0 Å². The Labute approximate surface area is 232 Å². The molecule has 0 aromatic rings. The number of hydrogen-bond donors (Lipinski definition) is 10. The van der Waals surface area contributed by atoms with Crippen molar-refractivity contribution in [2.75, 3.05) is 26.3 Å². The summed E-state index contributed by atoms with van der Waals surface area (Å²) in [6.07, 6.45) is -1.41. The number of nitrogens with zero attached hydrogens (tertiary/aromatic N) is 1. The second kappa shape index (κ2) is 22.7. The lowest BCUT2D eigenvalue weighted by Gasteiger charge is -2.33. The smallest absolute Gasteiger partial charge is 0.222 e. The van der Waals surface area contributed by atoms with Crippen molar-refractivity contribution in [3.63, 3.8) is 0 Å². The van der Waals surface area contributed by atoms with Crippen LogP contribution in [-0.4, -0.2) is 137 Å². The third kappa shape index (κ3) is 16.2. The normalized spacial score (nSPS) is 18.1. The summed E-state index contributed by atoms with van der Waals surface area (Å²) in [6.45, 7) is -0.722. The Balaban J connectivity index is 4.83. The molecular formula is C27H55NO11. The molecule has 1 amide bonds. The molecule has 0 saturated heterocycles. The van der Waals surface area contributed by atoms with Gasteiger partial charge in [0, 0.05) is 19.5 Å². The zero-order chi connectivity index (χ0) is 29.8. The first-order valence-corrected chi connectivity index (χ1v) is 14.5. The third-order valence-corrected chi connectivity index (χ3v) is 7.06. The van der Waals surface area contributed by atoms with Gasteiger partial charge in [0.2, 0.25) is 5.91 Å². The summed E-state index contributed by atoms with van der Waals surface area (Å²) in [4.78, 5) is 13.9. The van der Waals surface area contributed by atoms with Gasteiger partial charge in [-0.3, -0.25) is 4.79 Å². The van der Waals surface area contributed by atoms with Crippen LogP contribution in [0.4, 0.5) is 0 Å². The zero-order valence-electron chi connectivity index (χ0n) is 23.5. The van der Waals surface area contributed by atoms with Crippen molar-refractivity contribution < 1.29 is 55.9 Å². The minimum absolute atomic E-state index is 0.0483. The highest BCUT2D eigenvalue weighted by atomic mass is 16.4. The first kappa shape index (κ1) is 38.1. The van der Waals surface area contributed by atoms with E-state index in [2.05, 4.69) is 6.92 Å². The van der Waals surface area contributed by atoms with Gasteiger partial charge in [-0.05, 0) is 6.42 Å². The van der Waals surface area contributed by atoms with Crippen LogP contribution in [0.1, 0.15) is 90.4 Å². The predicted molar refractivity (Wildman–Crippen MR) is 145 cm³/mol. The van der Waals surface area contributed by atoms with E-state index in [0.29, 0.717) is 6.42 Å². The third-order valence-electron chi connectivity index (χ3n) is 7.06. The molecule has 0 fully saturated rings. The van der Waals surface area contributed by atoms with Crippen molar-refractivity contribution in [3.05, 3.63) is 0 Å². The summed E-state index contributed by atoms with van der Waals surface area (Å²) in [6, 6.07) is 0. The number of carbonyl (C=O) groups is 1. The molecule has 12 nitrogen and oxygen atoms in total. The van der Waals surface area contributed by atoms with Gasteiger partial charge >= 0.3 is 0 Å². The van der Waals surface area contributed by atoms with Crippen molar-refractivity contribution in [1.29, 1.82) is 0 Å². The van der Waals surface area contributed by atoms with Crippen LogP contribution in [0.25, 0.3) is 0 Å². The van der Waals surface area contributed by atoms with E-state index in [4.69, 9.17) is 10.2 Å². The largest absolute Gasteiger partial charge is 0.394 e. The molecule has 12 heteroatoms. The van der Waals surface area contributed by atoms with E-state index in [9.17, 15) is 45.6 Å². The Morgan fingerprint density at radius 2 is 0.821 bits per heavy atom. The van der Waals surface area contributed by atoms with Crippen molar-refractivity contribution in [2.45, 2.75) is 139 Å². The van der Waals surface area contributed by atoms with E-state index in [1.165, 1.54) is 44.9 Å². The molecule has 0 aromatic carbocycles. The molecule has 0 aliphatic carbocycles. The van der Waals surface area contributed by atoms with Gasteiger partial charge in [-0.1, -0.05) is 77.6 Å². The lowest BCUT2D eigenvalue weighted by molar-refractivity contribution is -0.148. The molecule has 0 aliphatic heterocycles. The molecule has 234 valence electrons. The number of hydrogen-bond acceptors (Lipinski definition) is 11. The maximum atomic E-state index is 12.9. The maximum absolute atomic E-state index is 12.9. The summed E-state index contributed by atoms with van der Waals surface area (Å²) < 4.78 is 0. The second-order valence-electron chi connectivity index (χ2n) is 10.5. The standard InChI is InChI=1S/C27H55NO11/c1-2-3-4-5-6-7-8-9-10-11-12-13-14-23(35)28(15-19(31)24(36)26(38)21(33)17-29)16-20(32)25(37)27(39)22(34)18-30/h19-22,24-27,29-34,36-39H,2-18H2,1H3/t19-,20-,21-,22-,24-,25-,26-,27-/m1/s1. The fourth-order valence-electron chi connectivity index (χ4n) is 4.35. The van der Waals surface area contributed by atoms with Crippen molar-refractivity contribution in [1.82, 2.24) is 4.90 Å². The summed E-state index contributed by atoms with van der Waals surface area (Å²) in [5.41, 5.74) is 0. The first-order chi connectivity index (χ1) is 18.5. The summed E-state index contributed by atoms with van der Waals surface area (Å²) in [5.74, 6) is -0.519. The van der Waals surface area contributed by atoms with Gasteiger partial charge in [-0.25, -0.2) is 0 Å². The average Bonchev–Trinajstić information content (AvgIpc) is 2.94. The SMILES string of the molecule is CCCCCCCCCCCCCCC(=O)N(C[C@@H](O)[C@@H](O)[C@H](O)[C@H](O)CO)C[C@@H](O)[C@@H](O)[C@H](O)[C@H](O)CO. The van der Waals surface area contributed by atoms with Gasteiger partial charge in [0.1, 0.15) is 48.8 Å². The monoisotopic (exact) mass is 569 g/mol. The van der Waals surface area contributed by atoms with Crippen LogP contribution in [0.3, 0.4) is 0 Å². The minimum atomic E-state index is -1.93. The number of amides is 1. The van der Waals surface area contributed by atoms with Gasteiger partial charge in [-0.2, -0.15) is 0 Å². The zero-order valence-corrected chi connectivity index (χ0v) is 23.5. The number of aliphatic hydroxyl groups is 10. The van der Waals surface area contributed by atoms with E-state index in [-0.39, 0.29) is 6.42 Å². The van der Waals surface area contributed by atoms with Crippen LogP contribution in [-0.2, 0) is 4.79 Å². The molecule has 39 heavy (non-hydrogen) atoms. The lowest BCUT2D eigenvalue weighted by Crippen LogP contribution is -2.54. The summed E-state index contributed by atoms with van der Waals surface area (Å²) in [7, 11) is 0. The maximum Gasteiger partial charge on any atom is 0.222 e. The van der Waals surface area contributed by atoms with Crippen LogP contribution in [0, 0.1) is 0 Å². The van der Waals surface area contributed by atoms with Crippen LogP contribution >= 0.6 is 0 Å². The van der Waals surface area contributed by atoms with E-state index in [0.717, 1.165) is 30.6 Å². The summed E-state index contributed by atoms with van der Waals surface area (Å²) >= 11 is 0. The quantitative estimate of drug-likeness (QED) is 0.0587. The topological polar surface area (TPSA) is 223 Å². The Morgan fingerprint density at radius 1 is 0.513 bits per heavy atom. The molecule has 8 atom stereocenters. The second-order valence-corrected chi connectivity index (χ2v) is 10.5. The molecule has 0 heterocycles. The molecule has 0 rings (SSSR count). The average molecular weight is 570 g/mol. The van der Waals surface area contributed by atoms with Gasteiger partial charge in [0.05, 0.1) is 13.2 Å². The Kier molecular flexibility index (Phi) is 22.2. The van der Waals surface area contributed by atoms with Crippen LogP contribution in [0.15, 0.2) is 0 Å². The fraction of sp³-hybridized carbons (Fsp3) is 0.963. The molecule has 0 unspecified atom stereocenters. The van der Waals surface area contributed by atoms with Crippen LogP contribution < -0.4 is 0 Å². The molecule has 0 aliphatic rings. The van der Waals surface area contributed by atoms with Crippen molar-refractivity contribution >= 4 is 5.91 Å². The molecule has 0 saturated carbocycles. The van der Waals surface area contributed by atoms with Crippen LogP contribution in [0.2, 0.25) is 0 Å². The number of unbranched alkanes of at least 4 members (excludes halogenated alkanes) is 11. The van der Waals surface area contributed by atoms with E-state index >= 15 is 0 Å². The fourth-order valence-corrected chi connectivity index (χ4v) is 4.35. The Hall–Kier alpha value is -0.930. The summed E-state index contributed by atoms with van der Waals surface area (Å²) in [5, 5.41) is 97.6. The number of rotatable bonds is 25. The minimum Gasteiger partial charge on any atom is -0.394 e. The highest BCUT2D eigenvalue weighted by Crippen LogP contribution is 2.15. The highest BCUT2D eigenvalue weighted by Gasteiger charge is 2.35. The first-order valence-electron chi connectivity index (χ1n) is 14.5. The molecule has 0 bridgehead atoms. The van der Waals surface area contributed by atoms with E-state index in [1.54, 1.807) is 0 Å². The Morgan fingerprint density at radius 3 is 1.15 bits per heavy atom. The molecule has 0 aromatic heterocycles. The van der Waals surface area contributed by atoms with E-state index in [1.807, 2.05) is 0 Å².